The highest BCUT2D eigenvalue weighted by molar-refractivity contribution is 7.81. The summed E-state index contributed by atoms with van der Waals surface area (Å²) >= 11 is 4.54. The van der Waals surface area contributed by atoms with Crippen LogP contribution in [0.15, 0.2) is 23.8 Å². The SMILES string of the molecule is CC(S)[C@@]1(O)[C@H](C)CC2C3C[C@H](F)C4=CC(=O)C=C[C@]4(C)[C@@]3(F)[C@@H](O)C[C@@]21C. The van der Waals surface area contributed by atoms with Crippen LogP contribution in [0.1, 0.15) is 47.0 Å². The standard InChI is InChI=1S/C22H30F2O3S/c1-11-7-14-15-9-17(23)16-8-13(25)5-6-19(16,3)21(15,24)18(26)10-20(14,4)22(11,27)12(2)28/h5-6,8,11-12,14-15,17-18,26-28H,7,9-10H2,1-4H3/t11-,12?,14?,15?,17+,18+,19+,20+,21+,22+/m1/s1. The summed E-state index contributed by atoms with van der Waals surface area (Å²) in [6.45, 7) is 7.26. The van der Waals surface area contributed by atoms with Crippen LogP contribution in [0.25, 0.3) is 0 Å². The molecule has 0 aromatic rings. The summed E-state index contributed by atoms with van der Waals surface area (Å²) in [4.78, 5) is 11.8. The van der Waals surface area contributed by atoms with E-state index in [2.05, 4.69) is 12.6 Å². The van der Waals surface area contributed by atoms with E-state index < -0.39 is 40.3 Å². The van der Waals surface area contributed by atoms with Crippen LogP contribution in [0.4, 0.5) is 8.78 Å². The second-order valence-electron chi connectivity index (χ2n) is 10.00. The number of aliphatic hydroxyl groups excluding tert-OH is 1. The molecular formula is C22H30F2O3S. The number of aliphatic hydroxyl groups is 2. The highest BCUT2D eigenvalue weighted by Gasteiger charge is 2.75. The molecule has 0 aliphatic heterocycles. The summed E-state index contributed by atoms with van der Waals surface area (Å²) in [6.07, 6.45) is 1.67. The zero-order chi connectivity index (χ0) is 20.9. The van der Waals surface area contributed by atoms with Gasteiger partial charge >= 0.3 is 0 Å². The van der Waals surface area contributed by atoms with Crippen molar-refractivity contribution in [3.05, 3.63) is 23.8 Å². The van der Waals surface area contributed by atoms with Crippen molar-refractivity contribution in [3.63, 3.8) is 0 Å². The number of carbonyl (C=O) groups is 1. The zero-order valence-corrected chi connectivity index (χ0v) is 17.7. The molecule has 0 aromatic heterocycles. The molecule has 3 fully saturated rings. The number of hydrogen-bond acceptors (Lipinski definition) is 4. The van der Waals surface area contributed by atoms with Gasteiger partial charge in [-0.25, -0.2) is 8.78 Å². The van der Waals surface area contributed by atoms with Crippen molar-refractivity contribution >= 4 is 18.4 Å². The van der Waals surface area contributed by atoms with Crippen LogP contribution >= 0.6 is 12.6 Å². The van der Waals surface area contributed by atoms with Crippen molar-refractivity contribution in [2.45, 2.75) is 75.8 Å². The van der Waals surface area contributed by atoms with Crippen LogP contribution in [0, 0.1) is 28.6 Å². The van der Waals surface area contributed by atoms with E-state index in [1.165, 1.54) is 18.2 Å². The van der Waals surface area contributed by atoms with Gasteiger partial charge in [-0.05, 0) is 55.7 Å². The summed E-state index contributed by atoms with van der Waals surface area (Å²) in [5, 5.41) is 22.4. The number of fused-ring (bicyclic) bond motifs is 5. The van der Waals surface area contributed by atoms with Crippen molar-refractivity contribution in [2.75, 3.05) is 0 Å². The summed E-state index contributed by atoms with van der Waals surface area (Å²) in [5.41, 5.74) is -5.28. The fraction of sp³-hybridized carbons (Fsp3) is 0.773. The predicted octanol–water partition coefficient (Wildman–Crippen LogP) is 3.60. The topological polar surface area (TPSA) is 57.5 Å². The number of ketones is 1. The van der Waals surface area contributed by atoms with E-state index in [4.69, 9.17) is 0 Å². The lowest BCUT2D eigenvalue weighted by atomic mass is 9.44. The van der Waals surface area contributed by atoms with Gasteiger partial charge in [-0.3, -0.25) is 4.79 Å². The number of hydrogen-bond donors (Lipinski definition) is 3. The average molecular weight is 413 g/mol. The van der Waals surface area contributed by atoms with Crippen molar-refractivity contribution in [3.8, 4) is 0 Å². The number of carbonyl (C=O) groups excluding carboxylic acids is 1. The summed E-state index contributed by atoms with van der Waals surface area (Å²) in [5.74, 6) is -1.52. The van der Waals surface area contributed by atoms with Crippen molar-refractivity contribution < 1.29 is 23.8 Å². The maximum atomic E-state index is 16.9. The van der Waals surface area contributed by atoms with Crippen LogP contribution in [-0.4, -0.2) is 44.8 Å². The second-order valence-corrected chi connectivity index (χ2v) is 10.8. The third-order valence-corrected chi connectivity index (χ3v) is 9.32. The van der Waals surface area contributed by atoms with Crippen LogP contribution in [0.2, 0.25) is 0 Å². The second kappa shape index (κ2) is 5.92. The van der Waals surface area contributed by atoms with Crippen LogP contribution in [-0.2, 0) is 4.79 Å². The van der Waals surface area contributed by atoms with Gasteiger partial charge in [0.2, 0.25) is 0 Å². The van der Waals surface area contributed by atoms with Gasteiger partial charge in [0.15, 0.2) is 11.5 Å². The number of rotatable bonds is 1. The van der Waals surface area contributed by atoms with Gasteiger partial charge in [0.05, 0.1) is 11.7 Å². The molecule has 0 aromatic carbocycles. The molecule has 0 spiro atoms. The molecule has 0 saturated heterocycles. The first-order valence-corrected chi connectivity index (χ1v) is 10.7. The highest BCUT2D eigenvalue weighted by Crippen LogP contribution is 2.71. The number of thiol groups is 1. The first kappa shape index (κ1) is 20.5. The summed E-state index contributed by atoms with van der Waals surface area (Å²) in [7, 11) is 0. The molecule has 2 N–H and O–H groups in total. The molecule has 0 amide bonds. The minimum absolute atomic E-state index is 0.0814. The predicted molar refractivity (Wildman–Crippen MR) is 107 cm³/mol. The van der Waals surface area contributed by atoms with E-state index in [1.54, 1.807) is 6.92 Å². The average Bonchev–Trinajstić information content (AvgIpc) is 2.81. The van der Waals surface area contributed by atoms with Crippen molar-refractivity contribution in [1.82, 2.24) is 0 Å². The summed E-state index contributed by atoms with van der Waals surface area (Å²) in [6, 6.07) is 0. The number of alkyl halides is 2. The molecule has 156 valence electrons. The first-order chi connectivity index (χ1) is 12.8. The van der Waals surface area contributed by atoms with E-state index in [1.807, 2.05) is 20.8 Å². The Bertz CT molecular complexity index is 782. The quantitative estimate of drug-likeness (QED) is 0.577. The van der Waals surface area contributed by atoms with E-state index in [0.29, 0.717) is 6.42 Å². The Kier molecular flexibility index (Phi) is 4.34. The molecule has 10 atom stereocenters. The van der Waals surface area contributed by atoms with Crippen LogP contribution in [0.3, 0.4) is 0 Å². The van der Waals surface area contributed by atoms with Crippen LogP contribution < -0.4 is 0 Å². The molecule has 0 radical (unpaired) electrons. The maximum absolute atomic E-state index is 16.9. The van der Waals surface area contributed by atoms with Crippen molar-refractivity contribution in [2.24, 2.45) is 28.6 Å². The van der Waals surface area contributed by atoms with E-state index in [0.717, 1.165) is 0 Å². The number of halogens is 2. The van der Waals surface area contributed by atoms with Gasteiger partial charge in [0.1, 0.15) is 6.17 Å². The maximum Gasteiger partial charge on any atom is 0.178 e. The molecular weight excluding hydrogens is 382 g/mol. The van der Waals surface area contributed by atoms with Gasteiger partial charge in [-0.1, -0.05) is 26.8 Å². The highest BCUT2D eigenvalue weighted by atomic mass is 32.1. The van der Waals surface area contributed by atoms with Crippen molar-refractivity contribution in [1.29, 1.82) is 0 Å². The third kappa shape index (κ3) is 2.10. The minimum atomic E-state index is -2.09. The normalized spacial score (nSPS) is 56.5. The molecule has 3 saturated carbocycles. The van der Waals surface area contributed by atoms with Crippen LogP contribution in [0.5, 0.6) is 0 Å². The zero-order valence-electron chi connectivity index (χ0n) is 16.8. The lowest BCUT2D eigenvalue weighted by Crippen LogP contribution is -2.70. The Labute approximate surface area is 170 Å². The van der Waals surface area contributed by atoms with E-state index in [-0.39, 0.29) is 41.3 Å². The third-order valence-electron chi connectivity index (χ3n) is 8.93. The van der Waals surface area contributed by atoms with Gasteiger partial charge in [-0.15, -0.1) is 0 Å². The molecule has 4 aliphatic rings. The lowest BCUT2D eigenvalue weighted by molar-refractivity contribution is -0.224. The molecule has 4 aliphatic carbocycles. The smallest absolute Gasteiger partial charge is 0.178 e. The molecule has 4 rings (SSSR count). The minimum Gasteiger partial charge on any atom is -0.390 e. The molecule has 6 heteroatoms. The van der Waals surface area contributed by atoms with Gasteiger partial charge < -0.3 is 10.2 Å². The Morgan fingerprint density at radius 3 is 2.54 bits per heavy atom. The number of allylic oxidation sites excluding steroid dienone is 4. The molecule has 3 unspecified atom stereocenters. The molecule has 3 nitrogen and oxygen atoms in total. The van der Waals surface area contributed by atoms with E-state index in [9.17, 15) is 15.0 Å². The monoisotopic (exact) mass is 412 g/mol. The Hall–Kier alpha value is -0.720. The Balaban J connectivity index is 1.87. The molecule has 28 heavy (non-hydrogen) atoms. The van der Waals surface area contributed by atoms with Gasteiger partial charge in [-0.2, -0.15) is 12.6 Å². The lowest BCUT2D eigenvalue weighted by Gasteiger charge is -2.63. The molecule has 0 bridgehead atoms. The first-order valence-electron chi connectivity index (χ1n) is 10.2. The molecule has 0 heterocycles. The fourth-order valence-corrected chi connectivity index (χ4v) is 8.01. The van der Waals surface area contributed by atoms with Gasteiger partial charge in [0.25, 0.3) is 0 Å². The Morgan fingerprint density at radius 1 is 1.29 bits per heavy atom. The van der Waals surface area contributed by atoms with Gasteiger partial charge in [0, 0.05) is 22.0 Å². The fourth-order valence-electron chi connectivity index (χ4n) is 7.46. The van der Waals surface area contributed by atoms with E-state index >= 15 is 8.78 Å². The summed E-state index contributed by atoms with van der Waals surface area (Å²) < 4.78 is 32.2. The largest absolute Gasteiger partial charge is 0.390 e. The Morgan fingerprint density at radius 2 is 1.93 bits per heavy atom.